The van der Waals surface area contributed by atoms with E-state index >= 15 is 0 Å². The molecule has 2 rings (SSSR count). The van der Waals surface area contributed by atoms with E-state index in [4.69, 9.17) is 9.47 Å². The lowest BCUT2D eigenvalue weighted by atomic mass is 10.2. The smallest absolute Gasteiger partial charge is 0.393 e. The lowest BCUT2D eigenvalue weighted by Gasteiger charge is -2.12. The second-order valence-electron chi connectivity index (χ2n) is 4.80. The molecule has 1 aliphatic rings. The summed E-state index contributed by atoms with van der Waals surface area (Å²) in [5.41, 5.74) is 0.372. The number of amides is 3. The highest BCUT2D eigenvalue weighted by atomic mass is 16.8. The van der Waals surface area contributed by atoms with Gasteiger partial charge in [0.15, 0.2) is 0 Å². The summed E-state index contributed by atoms with van der Waals surface area (Å²) in [6.07, 6.45) is -1.21. The third-order valence-corrected chi connectivity index (χ3v) is 3.08. The van der Waals surface area contributed by atoms with Gasteiger partial charge in [-0.05, 0) is 24.3 Å². The van der Waals surface area contributed by atoms with Crippen molar-refractivity contribution < 1.29 is 33.5 Å². The number of carbonyl (C=O) groups excluding carboxylic acids is 4. The fourth-order valence-corrected chi connectivity index (χ4v) is 1.89. The van der Waals surface area contributed by atoms with Gasteiger partial charge in [-0.2, -0.15) is 0 Å². The molecular weight excluding hydrogens is 344 g/mol. The molecule has 1 fully saturated rings. The van der Waals surface area contributed by atoms with Gasteiger partial charge in [0.25, 0.3) is 17.7 Å². The van der Waals surface area contributed by atoms with E-state index in [9.17, 15) is 19.2 Å². The molecule has 3 amide bonds. The molecule has 0 aromatic heterocycles. The molecule has 0 atom stereocenters. The minimum Gasteiger partial charge on any atom is -0.393 e. The van der Waals surface area contributed by atoms with E-state index in [1.54, 1.807) is 0 Å². The Hall–Kier alpha value is -2.94. The highest BCUT2D eigenvalue weighted by molar-refractivity contribution is 6.01. The standard InChI is InChI=1S/C15H16N2O7.2CH4/c1-22-9-8-16-14(20)10-2-4-11(5-3-10)23-15(21)24-17-12(18)6-7-13(17)19;;/h2-5H,6-9H2,1H3,(H,16,20);2*1H4. The summed E-state index contributed by atoms with van der Waals surface area (Å²) in [4.78, 5) is 50.5. The van der Waals surface area contributed by atoms with Crippen molar-refractivity contribution in [3.05, 3.63) is 29.8 Å². The summed E-state index contributed by atoms with van der Waals surface area (Å²) in [6, 6.07) is 5.69. The van der Waals surface area contributed by atoms with Crippen LogP contribution in [0.3, 0.4) is 0 Å². The van der Waals surface area contributed by atoms with Crippen LogP contribution in [0.5, 0.6) is 5.75 Å². The predicted molar refractivity (Wildman–Crippen MR) is 92.3 cm³/mol. The van der Waals surface area contributed by atoms with Crippen molar-refractivity contribution >= 4 is 23.9 Å². The van der Waals surface area contributed by atoms with Crippen LogP contribution in [0.2, 0.25) is 0 Å². The van der Waals surface area contributed by atoms with Crippen molar-refractivity contribution in [2.75, 3.05) is 20.3 Å². The molecular formula is C17H24N2O7. The van der Waals surface area contributed by atoms with E-state index in [2.05, 4.69) is 10.2 Å². The van der Waals surface area contributed by atoms with Crippen molar-refractivity contribution in [1.29, 1.82) is 0 Å². The van der Waals surface area contributed by atoms with E-state index < -0.39 is 18.0 Å². The second-order valence-corrected chi connectivity index (χ2v) is 4.80. The zero-order valence-electron chi connectivity index (χ0n) is 12.9. The lowest BCUT2D eigenvalue weighted by molar-refractivity contribution is -0.174. The van der Waals surface area contributed by atoms with Gasteiger partial charge in [-0.15, -0.1) is 0 Å². The summed E-state index contributed by atoms with van der Waals surface area (Å²) in [7, 11) is 1.53. The molecule has 1 aromatic carbocycles. The Kier molecular flexibility index (Phi) is 9.60. The summed E-state index contributed by atoms with van der Waals surface area (Å²) >= 11 is 0. The first-order chi connectivity index (χ1) is 11.5. The molecule has 144 valence electrons. The van der Waals surface area contributed by atoms with Gasteiger partial charge in [-0.3, -0.25) is 19.2 Å². The van der Waals surface area contributed by atoms with E-state index in [0.717, 1.165) is 0 Å². The Bertz CT molecular complexity index is 627. The normalized spacial score (nSPS) is 12.7. The molecule has 1 aromatic rings. The van der Waals surface area contributed by atoms with Crippen LogP contribution in [0.4, 0.5) is 4.79 Å². The van der Waals surface area contributed by atoms with Gasteiger partial charge in [0.1, 0.15) is 5.75 Å². The molecule has 0 aliphatic carbocycles. The average Bonchev–Trinajstić information content (AvgIpc) is 2.87. The molecule has 9 heteroatoms. The molecule has 26 heavy (non-hydrogen) atoms. The van der Waals surface area contributed by atoms with Crippen molar-refractivity contribution in [2.45, 2.75) is 27.7 Å². The zero-order valence-corrected chi connectivity index (χ0v) is 12.9. The fraction of sp³-hybridized carbons (Fsp3) is 0.412. The van der Waals surface area contributed by atoms with Crippen molar-refractivity contribution in [3.63, 3.8) is 0 Å². The fourth-order valence-electron chi connectivity index (χ4n) is 1.89. The lowest BCUT2D eigenvalue weighted by Crippen LogP contribution is -2.33. The minimum atomic E-state index is -1.21. The third-order valence-electron chi connectivity index (χ3n) is 3.08. The van der Waals surface area contributed by atoms with Crippen LogP contribution in [0.1, 0.15) is 38.1 Å². The van der Waals surface area contributed by atoms with Crippen LogP contribution in [-0.4, -0.2) is 49.2 Å². The number of hydrogen-bond donors (Lipinski definition) is 1. The summed E-state index contributed by atoms with van der Waals surface area (Å²) < 4.78 is 9.67. The monoisotopic (exact) mass is 368 g/mol. The van der Waals surface area contributed by atoms with Gasteiger partial charge in [0.2, 0.25) is 0 Å². The SMILES string of the molecule is C.C.COCCNC(=O)c1ccc(OC(=O)ON2C(=O)CCC2=O)cc1. The maximum atomic E-state index is 11.8. The second kappa shape index (κ2) is 10.8. The maximum Gasteiger partial charge on any atom is 0.539 e. The number of rotatable bonds is 6. The molecule has 0 unspecified atom stereocenters. The van der Waals surface area contributed by atoms with Crippen LogP contribution in [0.15, 0.2) is 24.3 Å². The molecule has 0 radical (unpaired) electrons. The Balaban J connectivity index is 0.00000312. The van der Waals surface area contributed by atoms with Crippen molar-refractivity contribution in [1.82, 2.24) is 10.4 Å². The summed E-state index contributed by atoms with van der Waals surface area (Å²) in [6.45, 7) is 0.768. The van der Waals surface area contributed by atoms with Gasteiger partial charge in [-0.25, -0.2) is 4.79 Å². The molecule has 1 N–H and O–H groups in total. The van der Waals surface area contributed by atoms with Gasteiger partial charge in [0, 0.05) is 32.1 Å². The van der Waals surface area contributed by atoms with Gasteiger partial charge < -0.3 is 14.8 Å². The van der Waals surface area contributed by atoms with Gasteiger partial charge >= 0.3 is 6.16 Å². The number of imide groups is 1. The van der Waals surface area contributed by atoms with E-state index in [1.807, 2.05) is 0 Å². The molecule has 0 spiro atoms. The minimum absolute atomic E-state index is 0. The molecule has 1 saturated heterocycles. The molecule has 0 bridgehead atoms. The number of ether oxygens (including phenoxy) is 2. The Morgan fingerprint density at radius 3 is 2.19 bits per heavy atom. The van der Waals surface area contributed by atoms with E-state index in [-0.39, 0.29) is 39.4 Å². The first-order valence-electron chi connectivity index (χ1n) is 7.14. The molecule has 0 saturated carbocycles. The van der Waals surface area contributed by atoms with Crippen LogP contribution in [0.25, 0.3) is 0 Å². The van der Waals surface area contributed by atoms with Crippen molar-refractivity contribution in [2.24, 2.45) is 0 Å². The van der Waals surface area contributed by atoms with E-state index in [0.29, 0.717) is 23.8 Å². The Morgan fingerprint density at radius 2 is 1.65 bits per heavy atom. The third kappa shape index (κ3) is 6.17. The number of carbonyl (C=O) groups is 4. The van der Waals surface area contributed by atoms with Gasteiger partial charge in [0.05, 0.1) is 6.61 Å². The first kappa shape index (κ1) is 23.1. The first-order valence-corrected chi connectivity index (χ1v) is 7.14. The average molecular weight is 368 g/mol. The zero-order chi connectivity index (χ0) is 17.5. The Labute approximate surface area is 152 Å². The summed E-state index contributed by atoms with van der Waals surface area (Å²) in [5, 5.41) is 3.03. The number of nitrogens with one attached hydrogen (secondary N) is 1. The molecule has 9 nitrogen and oxygen atoms in total. The highest BCUT2D eigenvalue weighted by Crippen LogP contribution is 2.16. The highest BCUT2D eigenvalue weighted by Gasteiger charge is 2.33. The number of methoxy groups -OCH3 is 1. The Morgan fingerprint density at radius 1 is 1.08 bits per heavy atom. The molecule has 1 aliphatic heterocycles. The predicted octanol–water partition coefficient (Wildman–Crippen LogP) is 1.91. The van der Waals surface area contributed by atoms with Crippen LogP contribution >= 0.6 is 0 Å². The topological polar surface area (TPSA) is 111 Å². The van der Waals surface area contributed by atoms with E-state index in [1.165, 1.54) is 31.4 Å². The van der Waals surface area contributed by atoms with Crippen molar-refractivity contribution in [3.8, 4) is 5.75 Å². The summed E-state index contributed by atoms with van der Waals surface area (Å²) in [5.74, 6) is -1.39. The maximum absolute atomic E-state index is 11.8. The number of hydroxylamine groups is 2. The largest absolute Gasteiger partial charge is 0.539 e. The van der Waals surface area contributed by atoms with Crippen LogP contribution < -0.4 is 10.1 Å². The van der Waals surface area contributed by atoms with Crippen LogP contribution in [-0.2, 0) is 19.2 Å². The van der Waals surface area contributed by atoms with Gasteiger partial charge in [-0.1, -0.05) is 19.9 Å². The quantitative estimate of drug-likeness (QED) is 0.353. The number of hydrogen-bond acceptors (Lipinski definition) is 7. The molecule has 1 heterocycles. The van der Waals surface area contributed by atoms with Crippen LogP contribution in [0, 0.1) is 0 Å². The number of benzene rings is 1. The number of nitrogens with zero attached hydrogens (tertiary/aromatic N) is 1.